The highest BCUT2D eigenvalue weighted by Crippen LogP contribution is 2.37. The second-order valence-electron chi connectivity index (χ2n) is 6.15. The smallest absolute Gasteiger partial charge is 0.421 e. The molecule has 0 unspecified atom stereocenters. The van der Waals surface area contributed by atoms with Crippen LogP contribution in [0.4, 0.5) is 0 Å². The Bertz CT molecular complexity index is 419. The minimum Gasteiger partial charge on any atom is -0.457 e. The second-order valence-corrected chi connectivity index (χ2v) is 10.9. The molecule has 0 N–H and O–H groups in total. The van der Waals surface area contributed by atoms with Gasteiger partial charge in [-0.05, 0) is 38.1 Å². The van der Waals surface area contributed by atoms with E-state index in [1.54, 1.807) is 13.0 Å². The van der Waals surface area contributed by atoms with Crippen LogP contribution in [0.3, 0.4) is 0 Å². The SMILES string of the molecule is CCOC(=O)C(/C=C/[C@@H](C)O[Si](C)(C)C(C)(C)C)=[N+]=[N-]. The largest absolute Gasteiger partial charge is 0.457 e. The van der Waals surface area contributed by atoms with E-state index in [0.29, 0.717) is 0 Å². The quantitative estimate of drug-likeness (QED) is 0.248. The topological polar surface area (TPSA) is 71.9 Å². The van der Waals surface area contributed by atoms with Crippen LogP contribution in [0.25, 0.3) is 5.53 Å². The molecule has 0 amide bonds. The molecule has 6 heteroatoms. The van der Waals surface area contributed by atoms with Gasteiger partial charge in [-0.1, -0.05) is 20.8 Å². The number of nitrogens with zero attached hydrogens (tertiary/aromatic N) is 2. The normalized spacial score (nSPS) is 13.9. The lowest BCUT2D eigenvalue weighted by Gasteiger charge is -2.37. The molecule has 0 bridgehead atoms. The Morgan fingerprint density at radius 1 is 1.40 bits per heavy atom. The van der Waals surface area contributed by atoms with Crippen LogP contribution in [0.2, 0.25) is 18.1 Å². The molecule has 114 valence electrons. The first-order chi connectivity index (χ1) is 9.05. The maximum absolute atomic E-state index is 11.4. The minimum atomic E-state index is -1.86. The molecule has 0 aliphatic carbocycles. The van der Waals surface area contributed by atoms with Gasteiger partial charge in [0, 0.05) is 6.08 Å². The van der Waals surface area contributed by atoms with Crippen LogP contribution in [-0.2, 0) is 14.0 Å². The Morgan fingerprint density at radius 3 is 2.35 bits per heavy atom. The summed E-state index contributed by atoms with van der Waals surface area (Å²) in [4.78, 5) is 14.4. The monoisotopic (exact) mass is 298 g/mol. The Labute approximate surface area is 122 Å². The highest BCUT2D eigenvalue weighted by Gasteiger charge is 2.38. The molecule has 0 fully saturated rings. The molecular weight excluding hydrogens is 272 g/mol. The Kier molecular flexibility index (Phi) is 7.06. The summed E-state index contributed by atoms with van der Waals surface area (Å²) in [5.41, 5.74) is 8.67. The van der Waals surface area contributed by atoms with Crippen LogP contribution in [0.15, 0.2) is 12.2 Å². The van der Waals surface area contributed by atoms with E-state index in [1.165, 1.54) is 6.08 Å². The first kappa shape index (κ1) is 18.8. The summed E-state index contributed by atoms with van der Waals surface area (Å²) >= 11 is 0. The van der Waals surface area contributed by atoms with E-state index >= 15 is 0 Å². The van der Waals surface area contributed by atoms with Crippen LogP contribution in [0.5, 0.6) is 0 Å². The number of carbonyl (C=O) groups excluding carboxylic acids is 1. The van der Waals surface area contributed by atoms with Crippen molar-refractivity contribution in [1.29, 1.82) is 0 Å². The summed E-state index contributed by atoms with van der Waals surface area (Å²) in [5.74, 6) is -0.647. The molecule has 20 heavy (non-hydrogen) atoms. The fraction of sp³-hybridized carbons (Fsp3) is 0.714. The summed E-state index contributed by atoms with van der Waals surface area (Å²) in [5, 5.41) is 0.115. The molecule has 0 radical (unpaired) electrons. The van der Waals surface area contributed by atoms with Crippen molar-refractivity contribution in [1.82, 2.24) is 0 Å². The molecule has 0 heterocycles. The van der Waals surface area contributed by atoms with Crippen molar-refractivity contribution in [3.8, 4) is 0 Å². The van der Waals surface area contributed by atoms with Crippen LogP contribution in [-0.4, -0.2) is 37.5 Å². The molecule has 5 nitrogen and oxygen atoms in total. The van der Waals surface area contributed by atoms with Crippen LogP contribution < -0.4 is 0 Å². The van der Waals surface area contributed by atoms with Crippen LogP contribution in [0, 0.1) is 0 Å². The second kappa shape index (κ2) is 7.52. The number of rotatable bonds is 6. The molecule has 0 aromatic heterocycles. The van der Waals surface area contributed by atoms with Gasteiger partial charge in [0.25, 0.3) is 0 Å². The van der Waals surface area contributed by atoms with Crippen molar-refractivity contribution in [3.05, 3.63) is 17.7 Å². The molecule has 0 aromatic rings. The Morgan fingerprint density at radius 2 is 1.95 bits per heavy atom. The zero-order valence-corrected chi connectivity index (χ0v) is 14.6. The van der Waals surface area contributed by atoms with Crippen molar-refractivity contribution in [2.45, 2.75) is 58.9 Å². The lowest BCUT2D eigenvalue weighted by molar-refractivity contribution is -0.139. The van der Waals surface area contributed by atoms with Crippen molar-refractivity contribution >= 4 is 20.0 Å². The van der Waals surface area contributed by atoms with Gasteiger partial charge in [-0.2, -0.15) is 4.79 Å². The van der Waals surface area contributed by atoms with Gasteiger partial charge in [-0.25, -0.2) is 4.79 Å². The van der Waals surface area contributed by atoms with Gasteiger partial charge >= 0.3 is 11.7 Å². The van der Waals surface area contributed by atoms with Gasteiger partial charge in [0.2, 0.25) is 0 Å². The van der Waals surface area contributed by atoms with E-state index < -0.39 is 14.3 Å². The summed E-state index contributed by atoms with van der Waals surface area (Å²) in [7, 11) is -1.86. The third-order valence-electron chi connectivity index (χ3n) is 3.40. The molecule has 0 aliphatic heterocycles. The van der Waals surface area contributed by atoms with Gasteiger partial charge in [0.15, 0.2) is 8.32 Å². The molecule has 0 saturated heterocycles. The number of hydrogen-bond donors (Lipinski definition) is 0. The number of esters is 1. The zero-order valence-electron chi connectivity index (χ0n) is 13.6. The van der Waals surface area contributed by atoms with E-state index in [4.69, 9.17) is 14.7 Å². The zero-order chi connectivity index (χ0) is 16.0. The minimum absolute atomic E-state index is 0.115. The van der Waals surface area contributed by atoms with E-state index in [1.807, 2.05) is 6.92 Å². The first-order valence-electron chi connectivity index (χ1n) is 6.80. The summed E-state index contributed by atoms with van der Waals surface area (Å²) in [6.45, 7) is 14.6. The van der Waals surface area contributed by atoms with Crippen molar-refractivity contribution in [2.24, 2.45) is 0 Å². The Hall–Kier alpha value is -1.23. The fourth-order valence-corrected chi connectivity index (χ4v) is 2.62. The molecule has 0 rings (SSSR count). The first-order valence-corrected chi connectivity index (χ1v) is 9.71. The number of carbonyl (C=O) groups is 1. The van der Waals surface area contributed by atoms with Crippen molar-refractivity contribution in [2.75, 3.05) is 6.61 Å². The van der Waals surface area contributed by atoms with E-state index in [0.717, 1.165) is 0 Å². The molecule has 0 saturated carbocycles. The molecule has 0 spiro atoms. The van der Waals surface area contributed by atoms with Crippen LogP contribution >= 0.6 is 0 Å². The number of hydrogen-bond acceptors (Lipinski definition) is 3. The van der Waals surface area contributed by atoms with Gasteiger partial charge in [0.05, 0.1) is 12.7 Å². The van der Waals surface area contributed by atoms with Crippen molar-refractivity contribution < 1.29 is 18.7 Å². The summed E-state index contributed by atoms with van der Waals surface area (Å²) in [6, 6.07) is 0. The molecule has 1 atom stereocenters. The fourth-order valence-electron chi connectivity index (χ4n) is 1.25. The lowest BCUT2D eigenvalue weighted by Crippen LogP contribution is -2.42. The Balaban J connectivity index is 4.76. The molecule has 0 aromatic carbocycles. The maximum Gasteiger partial charge on any atom is 0.421 e. The summed E-state index contributed by atoms with van der Waals surface area (Å²) in [6.07, 6.45) is 2.96. The lowest BCUT2D eigenvalue weighted by atomic mass is 10.2. The third-order valence-corrected chi connectivity index (χ3v) is 7.98. The van der Waals surface area contributed by atoms with Gasteiger partial charge in [0.1, 0.15) is 0 Å². The van der Waals surface area contributed by atoms with Crippen LogP contribution in [0.1, 0.15) is 34.6 Å². The van der Waals surface area contributed by atoms with E-state index in [9.17, 15) is 4.79 Å². The highest BCUT2D eigenvalue weighted by molar-refractivity contribution is 6.74. The predicted octanol–water partition coefficient (Wildman–Crippen LogP) is 3.19. The summed E-state index contributed by atoms with van der Waals surface area (Å²) < 4.78 is 10.9. The molecular formula is C14H26N2O3Si. The predicted molar refractivity (Wildman–Crippen MR) is 82.1 cm³/mol. The van der Waals surface area contributed by atoms with Crippen molar-refractivity contribution in [3.63, 3.8) is 0 Å². The van der Waals surface area contributed by atoms with Gasteiger partial charge in [-0.3, -0.25) is 0 Å². The maximum atomic E-state index is 11.4. The third kappa shape index (κ3) is 5.82. The average molecular weight is 298 g/mol. The van der Waals surface area contributed by atoms with Gasteiger partial charge < -0.3 is 14.7 Å². The standard InChI is InChI=1S/C14H26N2O3Si/c1-8-18-13(17)12(16-15)10-9-11(2)19-20(6,7)14(3,4)5/h9-11H,8H2,1-7H3/b10-9+/t11-/m1/s1. The number of ether oxygens (including phenoxy) is 1. The average Bonchev–Trinajstić information content (AvgIpc) is 2.27. The van der Waals surface area contributed by atoms with E-state index in [-0.39, 0.29) is 23.5 Å². The molecule has 0 aliphatic rings. The van der Waals surface area contributed by atoms with Gasteiger partial charge in [-0.15, -0.1) is 0 Å². The van der Waals surface area contributed by atoms with E-state index in [2.05, 4.69) is 38.7 Å². The highest BCUT2D eigenvalue weighted by atomic mass is 28.4.